The van der Waals surface area contributed by atoms with Crippen LogP contribution in [-0.4, -0.2) is 13.6 Å². The molecule has 1 atom stereocenters. The van der Waals surface area contributed by atoms with Gasteiger partial charge in [0.05, 0.1) is 0 Å². The van der Waals surface area contributed by atoms with E-state index in [1.54, 1.807) is 0 Å². The van der Waals surface area contributed by atoms with E-state index in [0.717, 1.165) is 16.7 Å². The van der Waals surface area contributed by atoms with Crippen LogP contribution >= 0.6 is 0 Å². The molecule has 1 unspecified atom stereocenters. The Bertz CT molecular complexity index is 166. The summed E-state index contributed by atoms with van der Waals surface area (Å²) in [4.78, 5) is 0. The average molecular weight is 167 g/mol. The van der Waals surface area contributed by atoms with Crippen LogP contribution in [0.1, 0.15) is 39.5 Å². The molecule has 70 valence electrons. The van der Waals surface area contributed by atoms with Gasteiger partial charge in [-0.2, -0.15) is 0 Å². The zero-order valence-electron chi connectivity index (χ0n) is 8.61. The summed E-state index contributed by atoms with van der Waals surface area (Å²) < 4.78 is 0. The first-order chi connectivity index (χ1) is 5.66. The van der Waals surface area contributed by atoms with Gasteiger partial charge in [0.1, 0.15) is 0 Å². The summed E-state index contributed by atoms with van der Waals surface area (Å²) in [6, 6.07) is 0. The van der Waals surface area contributed by atoms with Crippen molar-refractivity contribution in [3.63, 3.8) is 0 Å². The van der Waals surface area contributed by atoms with Crippen molar-refractivity contribution in [1.82, 2.24) is 5.32 Å². The Morgan fingerprint density at radius 3 is 2.33 bits per heavy atom. The van der Waals surface area contributed by atoms with Crippen LogP contribution in [0.4, 0.5) is 0 Å². The minimum atomic E-state index is 0.748. The second-order valence-corrected chi connectivity index (χ2v) is 5.23. The summed E-state index contributed by atoms with van der Waals surface area (Å²) in [7, 11) is 2.08. The Morgan fingerprint density at radius 2 is 1.92 bits per heavy atom. The van der Waals surface area contributed by atoms with Crippen molar-refractivity contribution in [1.29, 1.82) is 0 Å². The maximum atomic E-state index is 3.32. The Morgan fingerprint density at radius 1 is 1.33 bits per heavy atom. The lowest BCUT2D eigenvalue weighted by Crippen LogP contribution is -2.67. The van der Waals surface area contributed by atoms with Crippen LogP contribution in [0.2, 0.25) is 0 Å². The summed E-state index contributed by atoms with van der Waals surface area (Å²) in [6.45, 7) is 6.02. The zero-order chi connectivity index (χ0) is 8.82. The van der Waals surface area contributed by atoms with Crippen molar-refractivity contribution in [2.45, 2.75) is 39.5 Å². The first kappa shape index (κ1) is 8.55. The fraction of sp³-hybridized carbons (Fsp3) is 1.00. The lowest BCUT2D eigenvalue weighted by molar-refractivity contribution is -0.229. The highest BCUT2D eigenvalue weighted by molar-refractivity contribution is 5.18. The lowest BCUT2D eigenvalue weighted by atomic mass is 9.32. The molecular formula is C11H21N. The van der Waals surface area contributed by atoms with Crippen molar-refractivity contribution >= 4 is 0 Å². The Labute approximate surface area is 75.9 Å². The van der Waals surface area contributed by atoms with E-state index >= 15 is 0 Å². The van der Waals surface area contributed by atoms with Gasteiger partial charge in [-0.25, -0.2) is 0 Å². The second kappa shape index (κ2) is 2.47. The summed E-state index contributed by atoms with van der Waals surface area (Å²) in [5, 5.41) is 3.32. The topological polar surface area (TPSA) is 12.0 Å². The van der Waals surface area contributed by atoms with Gasteiger partial charge >= 0.3 is 0 Å². The molecule has 0 aromatic heterocycles. The first-order valence-electron chi connectivity index (χ1n) is 5.31. The average Bonchev–Trinajstić information content (AvgIpc) is 1.92. The smallest absolute Gasteiger partial charge is 0.000543 e. The first-order valence-corrected chi connectivity index (χ1v) is 5.31. The largest absolute Gasteiger partial charge is 0.319 e. The van der Waals surface area contributed by atoms with Gasteiger partial charge in [-0.15, -0.1) is 0 Å². The maximum absolute atomic E-state index is 3.32. The second-order valence-electron chi connectivity index (χ2n) is 5.23. The van der Waals surface area contributed by atoms with Gasteiger partial charge in [0.25, 0.3) is 0 Å². The molecule has 0 spiro atoms. The quantitative estimate of drug-likeness (QED) is 0.678. The van der Waals surface area contributed by atoms with Crippen LogP contribution in [0.15, 0.2) is 0 Å². The molecule has 3 aliphatic rings. The Kier molecular flexibility index (Phi) is 1.76. The number of hydrogen-bond donors (Lipinski definition) is 1. The molecule has 3 saturated carbocycles. The zero-order valence-corrected chi connectivity index (χ0v) is 8.61. The summed E-state index contributed by atoms with van der Waals surface area (Å²) in [5.74, 6) is 0.969. The number of rotatable bonds is 4. The van der Waals surface area contributed by atoms with E-state index in [4.69, 9.17) is 0 Å². The minimum absolute atomic E-state index is 0.748. The van der Waals surface area contributed by atoms with Crippen LogP contribution in [0, 0.1) is 16.7 Å². The minimum Gasteiger partial charge on any atom is -0.319 e. The Hall–Kier alpha value is -0.0400. The van der Waals surface area contributed by atoms with Gasteiger partial charge in [-0.05, 0) is 43.1 Å². The van der Waals surface area contributed by atoms with Gasteiger partial charge in [0.2, 0.25) is 0 Å². The fourth-order valence-corrected chi connectivity index (χ4v) is 3.60. The predicted molar refractivity (Wildman–Crippen MR) is 52.1 cm³/mol. The molecule has 0 aromatic carbocycles. The van der Waals surface area contributed by atoms with E-state index in [0.29, 0.717) is 0 Å². The number of hydrogen-bond acceptors (Lipinski definition) is 1. The van der Waals surface area contributed by atoms with Crippen LogP contribution in [0.25, 0.3) is 0 Å². The summed E-state index contributed by atoms with van der Waals surface area (Å²) in [5.41, 5.74) is 1.55. The molecule has 0 saturated heterocycles. The monoisotopic (exact) mass is 167 g/mol. The fourth-order valence-electron chi connectivity index (χ4n) is 3.60. The molecule has 0 heterocycles. The molecule has 0 aliphatic heterocycles. The molecule has 1 N–H and O–H groups in total. The Balaban J connectivity index is 1.87. The van der Waals surface area contributed by atoms with Gasteiger partial charge in [0.15, 0.2) is 0 Å². The molecule has 1 nitrogen and oxygen atoms in total. The molecule has 2 bridgehead atoms. The van der Waals surface area contributed by atoms with E-state index < -0.39 is 0 Å². The summed E-state index contributed by atoms with van der Waals surface area (Å²) >= 11 is 0. The van der Waals surface area contributed by atoms with E-state index in [9.17, 15) is 0 Å². The van der Waals surface area contributed by atoms with Crippen molar-refractivity contribution in [2.24, 2.45) is 16.7 Å². The molecule has 0 radical (unpaired) electrons. The third-order valence-corrected chi connectivity index (χ3v) is 4.39. The van der Waals surface area contributed by atoms with Gasteiger partial charge in [-0.3, -0.25) is 0 Å². The lowest BCUT2D eigenvalue weighted by Gasteiger charge is -2.73. The van der Waals surface area contributed by atoms with Crippen molar-refractivity contribution in [3.05, 3.63) is 0 Å². The molecule has 1 heteroatoms. The molecule has 0 aromatic rings. The van der Waals surface area contributed by atoms with Gasteiger partial charge in [0, 0.05) is 6.54 Å². The highest BCUT2D eigenvalue weighted by Crippen LogP contribution is 2.76. The van der Waals surface area contributed by atoms with E-state index in [1.807, 2.05) is 0 Å². The van der Waals surface area contributed by atoms with E-state index in [-0.39, 0.29) is 0 Å². The highest BCUT2D eigenvalue weighted by atomic mass is 14.9. The molecule has 0 amide bonds. The molecule has 12 heavy (non-hydrogen) atoms. The van der Waals surface area contributed by atoms with E-state index in [2.05, 4.69) is 26.2 Å². The SMILES string of the molecule is CCC(C)C12CC(CNC)(C1)C2. The van der Waals surface area contributed by atoms with Crippen molar-refractivity contribution in [2.75, 3.05) is 13.6 Å². The van der Waals surface area contributed by atoms with E-state index in [1.165, 1.54) is 32.2 Å². The normalized spacial score (nSPS) is 46.2. The van der Waals surface area contributed by atoms with Crippen LogP contribution in [-0.2, 0) is 0 Å². The van der Waals surface area contributed by atoms with Gasteiger partial charge in [-0.1, -0.05) is 20.3 Å². The van der Waals surface area contributed by atoms with Crippen LogP contribution in [0.5, 0.6) is 0 Å². The van der Waals surface area contributed by atoms with Crippen molar-refractivity contribution in [3.8, 4) is 0 Å². The number of nitrogens with one attached hydrogen (secondary N) is 1. The third-order valence-electron chi connectivity index (χ3n) is 4.39. The standard InChI is InChI=1S/C11H21N/c1-4-9(2)11-5-10(6-11,7-11)8-12-3/h9,12H,4-8H2,1-3H3. The maximum Gasteiger partial charge on any atom is 0.000543 e. The molecular weight excluding hydrogens is 146 g/mol. The van der Waals surface area contributed by atoms with Crippen LogP contribution in [0.3, 0.4) is 0 Å². The third kappa shape index (κ3) is 0.891. The summed E-state index contributed by atoms with van der Waals surface area (Å²) in [6.07, 6.45) is 5.90. The predicted octanol–water partition coefficient (Wildman–Crippen LogP) is 2.42. The molecule has 3 aliphatic carbocycles. The van der Waals surface area contributed by atoms with Crippen LogP contribution < -0.4 is 5.32 Å². The highest BCUT2D eigenvalue weighted by Gasteiger charge is 2.68. The molecule has 3 fully saturated rings. The van der Waals surface area contributed by atoms with Gasteiger partial charge < -0.3 is 5.32 Å². The molecule has 3 rings (SSSR count). The van der Waals surface area contributed by atoms with Crippen molar-refractivity contribution < 1.29 is 0 Å².